The number of carbonyl (C=O) groups is 1. The van der Waals surface area contributed by atoms with Crippen molar-refractivity contribution in [3.05, 3.63) is 65.2 Å². The number of benzene rings is 2. The van der Waals surface area contributed by atoms with Crippen LogP contribution in [0.15, 0.2) is 54.6 Å². The fourth-order valence-corrected chi connectivity index (χ4v) is 4.34. The first-order valence-corrected chi connectivity index (χ1v) is 10.4. The summed E-state index contributed by atoms with van der Waals surface area (Å²) in [7, 11) is 4.30. The molecule has 1 amide bonds. The summed E-state index contributed by atoms with van der Waals surface area (Å²) in [5, 5.41) is 3.60. The fourth-order valence-electron chi connectivity index (χ4n) is 4.15. The average Bonchev–Trinajstić information content (AvgIpc) is 2.67. The third kappa shape index (κ3) is 6.06. The number of rotatable bonds is 7. The lowest BCUT2D eigenvalue weighted by molar-refractivity contribution is -0.116. The van der Waals surface area contributed by atoms with E-state index in [1.54, 1.807) is 6.07 Å². The minimum Gasteiger partial charge on any atom is -0.326 e. The fraction of sp³-hybridized carbons (Fsp3) is 0.435. The Morgan fingerprint density at radius 3 is 2.68 bits per heavy atom. The first-order chi connectivity index (χ1) is 13.5. The third-order valence-corrected chi connectivity index (χ3v) is 5.78. The maximum Gasteiger partial charge on any atom is 0.224 e. The molecule has 3 rings (SSSR count). The second kappa shape index (κ2) is 10.1. The van der Waals surface area contributed by atoms with Gasteiger partial charge in [-0.1, -0.05) is 48.0 Å². The molecule has 0 saturated carbocycles. The minimum atomic E-state index is 0.0555. The second-order valence-electron chi connectivity index (χ2n) is 7.90. The van der Waals surface area contributed by atoms with Gasteiger partial charge in [-0.25, -0.2) is 0 Å². The van der Waals surface area contributed by atoms with E-state index >= 15 is 0 Å². The number of piperidine rings is 1. The molecule has 2 aromatic rings. The number of nitrogens with zero attached hydrogens (tertiary/aromatic N) is 2. The number of carbonyl (C=O) groups excluding carboxylic acids is 1. The summed E-state index contributed by atoms with van der Waals surface area (Å²) in [6.45, 7) is 3.11. The SMILES string of the molecule is CN(C)[C@@H]1CCN(Cc2ccccc2)C[C@@H]1CCC(=O)Nc1cccc(Cl)c1. The number of hydrogen-bond donors (Lipinski definition) is 1. The van der Waals surface area contributed by atoms with Crippen molar-refractivity contribution in [2.24, 2.45) is 5.92 Å². The molecule has 1 heterocycles. The Morgan fingerprint density at radius 2 is 1.96 bits per heavy atom. The summed E-state index contributed by atoms with van der Waals surface area (Å²) in [4.78, 5) is 17.3. The Bertz CT molecular complexity index is 765. The number of nitrogens with one attached hydrogen (secondary N) is 1. The Labute approximate surface area is 173 Å². The molecule has 150 valence electrons. The van der Waals surface area contributed by atoms with Crippen LogP contribution in [0.5, 0.6) is 0 Å². The van der Waals surface area contributed by atoms with Crippen LogP contribution in [0.1, 0.15) is 24.8 Å². The normalized spacial score (nSPS) is 20.3. The number of hydrogen-bond acceptors (Lipinski definition) is 3. The molecular formula is C23H30ClN3O. The van der Waals surface area contributed by atoms with E-state index in [-0.39, 0.29) is 5.91 Å². The van der Waals surface area contributed by atoms with E-state index in [9.17, 15) is 4.79 Å². The summed E-state index contributed by atoms with van der Waals surface area (Å²) in [5.41, 5.74) is 2.11. The molecule has 0 spiro atoms. The Kier molecular flexibility index (Phi) is 7.49. The summed E-state index contributed by atoms with van der Waals surface area (Å²) < 4.78 is 0. The van der Waals surface area contributed by atoms with Crippen molar-refractivity contribution in [3.8, 4) is 0 Å². The van der Waals surface area contributed by atoms with Gasteiger partial charge in [-0.05, 0) is 63.2 Å². The molecule has 1 fully saturated rings. The van der Waals surface area contributed by atoms with E-state index in [0.29, 0.717) is 23.4 Å². The lowest BCUT2D eigenvalue weighted by Gasteiger charge is -2.41. The molecule has 1 aliphatic heterocycles. The molecule has 0 unspecified atom stereocenters. The van der Waals surface area contributed by atoms with Crippen LogP contribution in [0.25, 0.3) is 0 Å². The lowest BCUT2D eigenvalue weighted by Crippen LogP contribution is -2.48. The highest BCUT2D eigenvalue weighted by Crippen LogP contribution is 2.26. The van der Waals surface area contributed by atoms with E-state index in [4.69, 9.17) is 11.6 Å². The van der Waals surface area contributed by atoms with Gasteiger partial charge in [-0.3, -0.25) is 9.69 Å². The molecule has 2 atom stereocenters. The van der Waals surface area contributed by atoms with Crippen LogP contribution in [0.2, 0.25) is 5.02 Å². The lowest BCUT2D eigenvalue weighted by atomic mass is 9.87. The average molecular weight is 400 g/mol. The zero-order chi connectivity index (χ0) is 19.9. The first kappa shape index (κ1) is 20.8. The van der Waals surface area contributed by atoms with Gasteiger partial charge in [-0.15, -0.1) is 0 Å². The van der Waals surface area contributed by atoms with Crippen LogP contribution in [0.3, 0.4) is 0 Å². The van der Waals surface area contributed by atoms with Crippen molar-refractivity contribution in [3.63, 3.8) is 0 Å². The summed E-state index contributed by atoms with van der Waals surface area (Å²) >= 11 is 6.00. The van der Waals surface area contributed by atoms with E-state index in [1.165, 1.54) is 5.56 Å². The highest BCUT2D eigenvalue weighted by atomic mass is 35.5. The molecule has 5 heteroatoms. The second-order valence-corrected chi connectivity index (χ2v) is 8.33. The number of anilines is 1. The van der Waals surface area contributed by atoms with Gasteiger partial charge in [0.1, 0.15) is 0 Å². The molecule has 0 aromatic heterocycles. The highest BCUT2D eigenvalue weighted by molar-refractivity contribution is 6.30. The van der Waals surface area contributed by atoms with Gasteiger partial charge in [0.2, 0.25) is 5.91 Å². The van der Waals surface area contributed by atoms with Gasteiger partial charge in [0.15, 0.2) is 0 Å². The molecule has 0 bridgehead atoms. The van der Waals surface area contributed by atoms with Gasteiger partial charge in [0, 0.05) is 36.3 Å². The zero-order valence-electron chi connectivity index (χ0n) is 16.8. The Hall–Kier alpha value is -1.88. The standard InChI is InChI=1S/C23H30ClN3O/c1-26(2)22-13-14-27(16-18-7-4-3-5-8-18)17-19(22)11-12-23(28)25-21-10-6-9-20(24)15-21/h3-10,15,19,22H,11-14,16-17H2,1-2H3,(H,25,28)/t19-,22+/m0/s1. The van der Waals surface area contributed by atoms with Crippen LogP contribution in [0, 0.1) is 5.92 Å². The molecule has 1 N–H and O–H groups in total. The van der Waals surface area contributed by atoms with E-state index in [0.717, 1.165) is 38.2 Å². The van der Waals surface area contributed by atoms with Crippen LogP contribution < -0.4 is 5.32 Å². The molecule has 4 nitrogen and oxygen atoms in total. The summed E-state index contributed by atoms with van der Waals surface area (Å²) in [6.07, 6.45) is 2.56. The van der Waals surface area contributed by atoms with Gasteiger partial charge >= 0.3 is 0 Å². The molecule has 28 heavy (non-hydrogen) atoms. The van der Waals surface area contributed by atoms with E-state index < -0.39 is 0 Å². The number of amides is 1. The van der Waals surface area contributed by atoms with Gasteiger partial charge in [0.05, 0.1) is 0 Å². The van der Waals surface area contributed by atoms with Gasteiger partial charge in [-0.2, -0.15) is 0 Å². The molecular weight excluding hydrogens is 370 g/mol. The smallest absolute Gasteiger partial charge is 0.224 e. The van der Waals surface area contributed by atoms with Crippen molar-refractivity contribution in [2.75, 3.05) is 32.5 Å². The van der Waals surface area contributed by atoms with Crippen LogP contribution >= 0.6 is 11.6 Å². The summed E-state index contributed by atoms with van der Waals surface area (Å²) in [5.74, 6) is 0.539. The van der Waals surface area contributed by atoms with Crippen LogP contribution in [-0.2, 0) is 11.3 Å². The largest absolute Gasteiger partial charge is 0.326 e. The molecule has 0 aliphatic carbocycles. The Morgan fingerprint density at radius 1 is 1.18 bits per heavy atom. The summed E-state index contributed by atoms with van der Waals surface area (Å²) in [6, 6.07) is 18.5. The first-order valence-electron chi connectivity index (χ1n) is 9.99. The predicted octanol–water partition coefficient (Wildman–Crippen LogP) is 4.51. The van der Waals surface area contributed by atoms with Crippen molar-refractivity contribution >= 4 is 23.2 Å². The van der Waals surface area contributed by atoms with Crippen molar-refractivity contribution in [2.45, 2.75) is 31.8 Å². The quantitative estimate of drug-likeness (QED) is 0.743. The maximum atomic E-state index is 12.4. The third-order valence-electron chi connectivity index (χ3n) is 5.54. The minimum absolute atomic E-state index is 0.0555. The topological polar surface area (TPSA) is 35.6 Å². The van der Waals surface area contributed by atoms with Gasteiger partial charge in [0.25, 0.3) is 0 Å². The predicted molar refractivity (Wildman–Crippen MR) is 117 cm³/mol. The highest BCUT2D eigenvalue weighted by Gasteiger charge is 2.30. The van der Waals surface area contributed by atoms with E-state index in [2.05, 4.69) is 59.5 Å². The molecule has 1 saturated heterocycles. The van der Waals surface area contributed by atoms with Crippen molar-refractivity contribution in [1.29, 1.82) is 0 Å². The van der Waals surface area contributed by atoms with Gasteiger partial charge < -0.3 is 10.2 Å². The maximum absolute atomic E-state index is 12.4. The molecule has 0 radical (unpaired) electrons. The molecule has 2 aromatic carbocycles. The zero-order valence-corrected chi connectivity index (χ0v) is 17.5. The van der Waals surface area contributed by atoms with Crippen LogP contribution in [0.4, 0.5) is 5.69 Å². The van der Waals surface area contributed by atoms with Crippen LogP contribution in [-0.4, -0.2) is 48.9 Å². The molecule has 1 aliphatic rings. The van der Waals surface area contributed by atoms with Crippen molar-refractivity contribution in [1.82, 2.24) is 9.80 Å². The number of halogens is 1. The van der Waals surface area contributed by atoms with Crippen molar-refractivity contribution < 1.29 is 4.79 Å². The van der Waals surface area contributed by atoms with E-state index in [1.807, 2.05) is 18.2 Å². The Balaban J connectivity index is 1.56. The monoisotopic (exact) mass is 399 g/mol. The number of likely N-dealkylation sites (tertiary alicyclic amines) is 1.